The molecular weight excluding hydrogens is 290 g/mol. The monoisotopic (exact) mass is 305 g/mol. The van der Waals surface area contributed by atoms with Crippen LogP contribution in [0.25, 0.3) is 0 Å². The maximum Gasteiger partial charge on any atom is 0.190 e. The Bertz CT molecular complexity index is 778. The first-order valence-corrected chi connectivity index (χ1v) is 7.67. The summed E-state index contributed by atoms with van der Waals surface area (Å²) < 4.78 is 0. The van der Waals surface area contributed by atoms with Crippen molar-refractivity contribution in [2.75, 3.05) is 18.0 Å². The Hall–Kier alpha value is -2.82. The zero-order chi connectivity index (χ0) is 15.8. The van der Waals surface area contributed by atoms with Gasteiger partial charge in [0.1, 0.15) is 12.1 Å². The SMILES string of the molecule is O=C1C2=C(CCN(c3ccncn3)CC2)C(=O)c2ccccc21. The molecule has 1 aliphatic carbocycles. The van der Waals surface area contributed by atoms with Crippen LogP contribution >= 0.6 is 0 Å². The van der Waals surface area contributed by atoms with E-state index in [4.69, 9.17) is 0 Å². The number of carbonyl (C=O) groups excluding carboxylic acids is 2. The Morgan fingerprint density at radius 1 is 0.870 bits per heavy atom. The number of fused-ring (bicyclic) bond motifs is 1. The van der Waals surface area contributed by atoms with Gasteiger partial charge in [0.2, 0.25) is 0 Å². The highest BCUT2D eigenvalue weighted by Gasteiger charge is 2.33. The zero-order valence-corrected chi connectivity index (χ0v) is 12.5. The molecule has 0 spiro atoms. The number of benzene rings is 1. The molecule has 114 valence electrons. The normalized spacial score (nSPS) is 17.7. The molecule has 0 saturated carbocycles. The molecule has 2 aromatic rings. The molecule has 1 aromatic heterocycles. The second-order valence-corrected chi connectivity index (χ2v) is 5.72. The van der Waals surface area contributed by atoms with Crippen LogP contribution in [-0.4, -0.2) is 34.6 Å². The molecular formula is C18H15N3O2. The average Bonchev–Trinajstić information content (AvgIpc) is 2.84. The molecule has 23 heavy (non-hydrogen) atoms. The molecule has 0 bridgehead atoms. The number of rotatable bonds is 1. The highest BCUT2D eigenvalue weighted by molar-refractivity contribution is 6.27. The van der Waals surface area contributed by atoms with Crippen molar-refractivity contribution in [1.29, 1.82) is 0 Å². The van der Waals surface area contributed by atoms with E-state index in [1.807, 2.05) is 6.07 Å². The highest BCUT2D eigenvalue weighted by atomic mass is 16.1. The van der Waals surface area contributed by atoms with Crippen molar-refractivity contribution >= 4 is 17.4 Å². The molecule has 5 heteroatoms. The summed E-state index contributed by atoms with van der Waals surface area (Å²) >= 11 is 0. The largest absolute Gasteiger partial charge is 0.356 e. The fraction of sp³-hybridized carbons (Fsp3) is 0.222. The molecule has 0 N–H and O–H groups in total. The first-order valence-electron chi connectivity index (χ1n) is 7.67. The number of hydrogen-bond acceptors (Lipinski definition) is 5. The van der Waals surface area contributed by atoms with Crippen LogP contribution < -0.4 is 4.90 Å². The summed E-state index contributed by atoms with van der Waals surface area (Å²) in [5.74, 6) is 0.830. The van der Waals surface area contributed by atoms with Gasteiger partial charge in [0, 0.05) is 41.6 Å². The van der Waals surface area contributed by atoms with E-state index < -0.39 is 0 Å². The van der Waals surface area contributed by atoms with Crippen molar-refractivity contribution in [3.8, 4) is 0 Å². The molecule has 5 nitrogen and oxygen atoms in total. The summed E-state index contributed by atoms with van der Waals surface area (Å²) in [6.07, 6.45) is 4.35. The number of carbonyl (C=O) groups is 2. The minimum atomic E-state index is -0.000243. The first kappa shape index (κ1) is 13.8. The van der Waals surface area contributed by atoms with Gasteiger partial charge in [-0.1, -0.05) is 24.3 Å². The lowest BCUT2D eigenvalue weighted by Gasteiger charge is -2.20. The van der Waals surface area contributed by atoms with E-state index in [0.717, 1.165) is 5.82 Å². The van der Waals surface area contributed by atoms with E-state index >= 15 is 0 Å². The molecule has 1 aliphatic heterocycles. The number of nitrogens with zero attached hydrogens (tertiary/aromatic N) is 3. The Kier molecular flexibility index (Phi) is 3.26. The maximum atomic E-state index is 12.7. The van der Waals surface area contributed by atoms with Crippen molar-refractivity contribution < 1.29 is 9.59 Å². The number of aromatic nitrogens is 2. The van der Waals surface area contributed by atoms with Crippen LogP contribution in [-0.2, 0) is 0 Å². The molecule has 2 heterocycles. The van der Waals surface area contributed by atoms with Crippen LogP contribution in [0.1, 0.15) is 33.6 Å². The second kappa shape index (κ2) is 5.43. The lowest BCUT2D eigenvalue weighted by Crippen LogP contribution is -2.25. The highest BCUT2D eigenvalue weighted by Crippen LogP contribution is 2.32. The molecule has 0 atom stereocenters. The predicted octanol–water partition coefficient (Wildman–Crippen LogP) is 2.45. The topological polar surface area (TPSA) is 63.2 Å². The van der Waals surface area contributed by atoms with E-state index in [0.29, 0.717) is 48.2 Å². The van der Waals surface area contributed by atoms with Crippen LogP contribution in [0, 0.1) is 0 Å². The third-order valence-electron chi connectivity index (χ3n) is 4.48. The van der Waals surface area contributed by atoms with Crippen LogP contribution in [0.2, 0.25) is 0 Å². The van der Waals surface area contributed by atoms with E-state index in [2.05, 4.69) is 14.9 Å². The van der Waals surface area contributed by atoms with Crippen molar-refractivity contribution in [3.63, 3.8) is 0 Å². The van der Waals surface area contributed by atoms with Gasteiger partial charge in [0.15, 0.2) is 11.6 Å². The van der Waals surface area contributed by atoms with Crippen molar-refractivity contribution in [2.45, 2.75) is 12.8 Å². The van der Waals surface area contributed by atoms with Gasteiger partial charge < -0.3 is 4.90 Å². The van der Waals surface area contributed by atoms with Crippen LogP contribution in [0.15, 0.2) is 54.0 Å². The van der Waals surface area contributed by atoms with Gasteiger partial charge in [-0.15, -0.1) is 0 Å². The summed E-state index contributed by atoms with van der Waals surface area (Å²) in [5, 5.41) is 0. The zero-order valence-electron chi connectivity index (χ0n) is 12.5. The Morgan fingerprint density at radius 2 is 1.48 bits per heavy atom. The molecule has 0 unspecified atom stereocenters. The van der Waals surface area contributed by atoms with Crippen LogP contribution in [0.4, 0.5) is 5.82 Å². The lowest BCUT2D eigenvalue weighted by atomic mass is 9.82. The van der Waals surface area contributed by atoms with Crippen molar-refractivity contribution in [2.24, 2.45) is 0 Å². The van der Waals surface area contributed by atoms with Gasteiger partial charge in [0.05, 0.1) is 0 Å². The van der Waals surface area contributed by atoms with Crippen molar-refractivity contribution in [3.05, 3.63) is 65.1 Å². The number of hydrogen-bond donors (Lipinski definition) is 0. The predicted molar refractivity (Wildman–Crippen MR) is 85.6 cm³/mol. The first-order chi connectivity index (χ1) is 11.3. The van der Waals surface area contributed by atoms with E-state index in [1.54, 1.807) is 30.5 Å². The van der Waals surface area contributed by atoms with E-state index in [1.165, 1.54) is 6.33 Å². The third kappa shape index (κ3) is 2.25. The number of anilines is 1. The quantitative estimate of drug-likeness (QED) is 0.810. The second-order valence-electron chi connectivity index (χ2n) is 5.72. The van der Waals surface area contributed by atoms with E-state index in [-0.39, 0.29) is 11.6 Å². The van der Waals surface area contributed by atoms with Gasteiger partial charge in [-0.25, -0.2) is 9.97 Å². The van der Waals surface area contributed by atoms with Crippen molar-refractivity contribution in [1.82, 2.24) is 9.97 Å². The summed E-state index contributed by atoms with van der Waals surface area (Å²) in [4.78, 5) is 35.8. The van der Waals surface area contributed by atoms with E-state index in [9.17, 15) is 9.59 Å². The minimum Gasteiger partial charge on any atom is -0.356 e. The molecule has 4 rings (SSSR count). The van der Waals surface area contributed by atoms with Crippen LogP contribution in [0.3, 0.4) is 0 Å². The summed E-state index contributed by atoms with van der Waals surface area (Å²) in [6.45, 7) is 1.36. The maximum absolute atomic E-state index is 12.7. The summed E-state index contributed by atoms with van der Waals surface area (Å²) in [7, 11) is 0. The average molecular weight is 305 g/mol. The minimum absolute atomic E-state index is 0.000243. The standard InChI is InChI=1S/C18H15N3O2/c22-17-12-3-1-2-4-13(12)18(23)15-7-10-21(9-6-14(15)17)16-5-8-19-11-20-16/h1-5,8,11H,6-7,9-10H2. The molecule has 0 amide bonds. The Morgan fingerprint density at radius 3 is 2.00 bits per heavy atom. The smallest absolute Gasteiger partial charge is 0.190 e. The molecule has 0 radical (unpaired) electrons. The molecule has 0 saturated heterocycles. The van der Waals surface area contributed by atoms with Crippen LogP contribution in [0.5, 0.6) is 0 Å². The Balaban J connectivity index is 1.67. The number of ketones is 2. The fourth-order valence-corrected chi connectivity index (χ4v) is 3.31. The van der Waals surface area contributed by atoms with Gasteiger partial charge >= 0.3 is 0 Å². The van der Waals surface area contributed by atoms with Gasteiger partial charge in [-0.3, -0.25) is 9.59 Å². The van der Waals surface area contributed by atoms with Gasteiger partial charge in [0.25, 0.3) is 0 Å². The molecule has 0 fully saturated rings. The number of Topliss-reactive ketones (excluding diaryl/α,β-unsaturated/α-hetero) is 2. The molecule has 1 aromatic carbocycles. The van der Waals surface area contributed by atoms with Gasteiger partial charge in [-0.05, 0) is 18.9 Å². The third-order valence-corrected chi connectivity index (χ3v) is 4.48. The lowest BCUT2D eigenvalue weighted by molar-refractivity contribution is 0.0970. The summed E-state index contributed by atoms with van der Waals surface area (Å²) in [6, 6.07) is 8.94. The molecule has 2 aliphatic rings. The summed E-state index contributed by atoms with van der Waals surface area (Å²) in [5.41, 5.74) is 2.41. The Labute approximate surface area is 133 Å². The van der Waals surface area contributed by atoms with Gasteiger partial charge in [-0.2, -0.15) is 0 Å². The fourth-order valence-electron chi connectivity index (χ4n) is 3.31.